The van der Waals surface area contributed by atoms with Crippen molar-refractivity contribution in [3.63, 3.8) is 0 Å². The number of nitrogens with one attached hydrogen (secondary N) is 1. The first-order chi connectivity index (χ1) is 12.7. The van der Waals surface area contributed by atoms with E-state index in [1.54, 1.807) is 0 Å². The first-order valence-corrected chi connectivity index (χ1v) is 9.06. The maximum absolute atomic E-state index is 10.4. The van der Waals surface area contributed by atoms with Crippen LogP contribution < -0.4 is 5.32 Å². The van der Waals surface area contributed by atoms with Gasteiger partial charge in [-0.1, -0.05) is 42.4 Å². The highest BCUT2D eigenvalue weighted by molar-refractivity contribution is 5.55. The number of benzene rings is 1. The first-order valence-electron chi connectivity index (χ1n) is 9.06. The lowest BCUT2D eigenvalue weighted by molar-refractivity contribution is 0.165. The van der Waals surface area contributed by atoms with Crippen molar-refractivity contribution in [3.05, 3.63) is 48.6 Å². The Bertz CT molecular complexity index is 845. The van der Waals surface area contributed by atoms with Gasteiger partial charge in [-0.2, -0.15) is 0 Å². The molecule has 1 unspecified atom stereocenters. The van der Waals surface area contributed by atoms with Crippen LogP contribution in [-0.2, 0) is 13.0 Å². The lowest BCUT2D eigenvalue weighted by atomic mass is 10.1. The second kappa shape index (κ2) is 7.29. The van der Waals surface area contributed by atoms with Crippen molar-refractivity contribution >= 4 is 6.01 Å². The Hall–Kier alpha value is -2.67. The van der Waals surface area contributed by atoms with E-state index in [4.69, 9.17) is 4.42 Å². The SMILES string of the molecule is CCc1nnc(N[C@@H]2CC(Cn3ccnc3-c3ccccc3)C[C@H]2O)o1. The summed E-state index contributed by atoms with van der Waals surface area (Å²) in [6.07, 6.45) is 5.68. The molecular weight excluding hydrogens is 330 g/mol. The molecule has 4 rings (SSSR count). The van der Waals surface area contributed by atoms with Crippen LogP contribution in [0.4, 0.5) is 6.01 Å². The van der Waals surface area contributed by atoms with Crippen molar-refractivity contribution in [3.8, 4) is 11.4 Å². The standard InChI is InChI=1S/C19H23N5O2/c1-2-17-22-23-19(26-17)21-15-10-13(11-16(15)25)12-24-9-8-20-18(24)14-6-4-3-5-7-14/h3-9,13,15-16,25H,2,10-12H2,1H3,(H,21,23)/t13?,15-,16-/m1/s1. The van der Waals surface area contributed by atoms with Gasteiger partial charge >= 0.3 is 6.01 Å². The molecule has 0 amide bonds. The van der Waals surface area contributed by atoms with Gasteiger partial charge < -0.3 is 19.4 Å². The van der Waals surface area contributed by atoms with Gasteiger partial charge in [0, 0.05) is 30.9 Å². The van der Waals surface area contributed by atoms with Gasteiger partial charge in [0.1, 0.15) is 5.82 Å². The summed E-state index contributed by atoms with van der Waals surface area (Å²) in [4.78, 5) is 4.50. The molecule has 0 saturated heterocycles. The van der Waals surface area contributed by atoms with Gasteiger partial charge in [-0.3, -0.25) is 0 Å². The van der Waals surface area contributed by atoms with Gasteiger partial charge in [-0.25, -0.2) is 4.98 Å². The van der Waals surface area contributed by atoms with Crippen molar-refractivity contribution in [1.29, 1.82) is 0 Å². The molecule has 1 aliphatic carbocycles. The molecule has 1 aromatic carbocycles. The van der Waals surface area contributed by atoms with Crippen LogP contribution in [0.5, 0.6) is 0 Å². The number of rotatable bonds is 6. The molecule has 0 bridgehead atoms. The Morgan fingerprint density at radius 3 is 2.85 bits per heavy atom. The van der Waals surface area contributed by atoms with E-state index in [1.807, 2.05) is 37.5 Å². The van der Waals surface area contributed by atoms with E-state index in [1.165, 1.54) is 0 Å². The van der Waals surface area contributed by atoms with Crippen LogP contribution in [0.25, 0.3) is 11.4 Å². The number of aliphatic hydroxyl groups is 1. The molecule has 2 aromatic heterocycles. The minimum absolute atomic E-state index is 0.0751. The van der Waals surface area contributed by atoms with Gasteiger partial charge in [-0.05, 0) is 18.8 Å². The Labute approximate surface area is 152 Å². The van der Waals surface area contributed by atoms with Gasteiger partial charge in [0.05, 0.1) is 12.1 Å². The molecule has 2 heterocycles. The molecule has 7 nitrogen and oxygen atoms in total. The highest BCUT2D eigenvalue weighted by atomic mass is 16.4. The van der Waals surface area contributed by atoms with E-state index in [9.17, 15) is 5.11 Å². The van der Waals surface area contributed by atoms with E-state index in [2.05, 4.69) is 37.2 Å². The fourth-order valence-electron chi connectivity index (χ4n) is 3.62. The molecular formula is C19H23N5O2. The lowest BCUT2D eigenvalue weighted by Crippen LogP contribution is -2.28. The lowest BCUT2D eigenvalue weighted by Gasteiger charge is -2.14. The summed E-state index contributed by atoms with van der Waals surface area (Å²) in [6, 6.07) is 10.5. The fourth-order valence-corrected chi connectivity index (χ4v) is 3.62. The van der Waals surface area contributed by atoms with Crippen LogP contribution in [0, 0.1) is 5.92 Å². The van der Waals surface area contributed by atoms with E-state index in [0.717, 1.165) is 30.8 Å². The summed E-state index contributed by atoms with van der Waals surface area (Å²) >= 11 is 0. The molecule has 1 saturated carbocycles. The predicted molar refractivity (Wildman–Crippen MR) is 97.5 cm³/mol. The second-order valence-corrected chi connectivity index (χ2v) is 6.78. The van der Waals surface area contributed by atoms with Crippen LogP contribution in [0.3, 0.4) is 0 Å². The third kappa shape index (κ3) is 3.48. The van der Waals surface area contributed by atoms with E-state index < -0.39 is 6.10 Å². The Kier molecular flexibility index (Phi) is 4.71. The number of imidazole rings is 1. The summed E-state index contributed by atoms with van der Waals surface area (Å²) in [6.45, 7) is 2.79. The molecule has 0 spiro atoms. The highest BCUT2D eigenvalue weighted by Gasteiger charge is 2.34. The predicted octanol–water partition coefficient (Wildman–Crippen LogP) is 2.75. The zero-order valence-corrected chi connectivity index (χ0v) is 14.7. The van der Waals surface area contributed by atoms with Crippen molar-refractivity contribution in [2.24, 2.45) is 5.92 Å². The van der Waals surface area contributed by atoms with Gasteiger partial charge in [-0.15, -0.1) is 5.10 Å². The number of aliphatic hydroxyl groups excluding tert-OH is 1. The molecule has 3 aromatic rings. The van der Waals surface area contributed by atoms with Crippen LogP contribution in [0.2, 0.25) is 0 Å². The summed E-state index contributed by atoms with van der Waals surface area (Å²) in [5, 5.41) is 21.5. The average Bonchev–Trinajstić information content (AvgIpc) is 3.38. The first kappa shape index (κ1) is 16.8. The molecule has 2 N–H and O–H groups in total. The number of hydrogen-bond donors (Lipinski definition) is 2. The maximum Gasteiger partial charge on any atom is 0.315 e. The zero-order valence-electron chi connectivity index (χ0n) is 14.7. The zero-order chi connectivity index (χ0) is 17.9. The summed E-state index contributed by atoms with van der Waals surface area (Å²) in [7, 11) is 0. The normalized spacial score (nSPS) is 22.6. The summed E-state index contributed by atoms with van der Waals surface area (Å²) in [5.41, 5.74) is 1.10. The number of aryl methyl sites for hydroxylation is 1. The fraction of sp³-hybridized carbons (Fsp3) is 0.421. The number of nitrogens with zero attached hydrogens (tertiary/aromatic N) is 4. The molecule has 26 heavy (non-hydrogen) atoms. The Morgan fingerprint density at radius 2 is 2.08 bits per heavy atom. The monoisotopic (exact) mass is 353 g/mol. The van der Waals surface area contributed by atoms with Crippen LogP contribution >= 0.6 is 0 Å². The minimum Gasteiger partial charge on any atom is -0.408 e. The minimum atomic E-state index is -0.430. The molecule has 3 atom stereocenters. The van der Waals surface area contributed by atoms with Gasteiger partial charge in [0.2, 0.25) is 5.89 Å². The largest absolute Gasteiger partial charge is 0.408 e. The maximum atomic E-state index is 10.4. The van der Waals surface area contributed by atoms with E-state index >= 15 is 0 Å². The Morgan fingerprint density at radius 1 is 1.23 bits per heavy atom. The molecule has 7 heteroatoms. The molecule has 0 radical (unpaired) electrons. The van der Waals surface area contributed by atoms with Gasteiger partial charge in [0.25, 0.3) is 0 Å². The summed E-state index contributed by atoms with van der Waals surface area (Å²) in [5.74, 6) is 1.91. The molecule has 0 aliphatic heterocycles. The van der Waals surface area contributed by atoms with Crippen LogP contribution in [-0.4, -0.2) is 37.0 Å². The van der Waals surface area contributed by atoms with Crippen molar-refractivity contribution in [2.75, 3.05) is 5.32 Å². The number of anilines is 1. The van der Waals surface area contributed by atoms with Crippen LogP contribution in [0.15, 0.2) is 47.1 Å². The van der Waals surface area contributed by atoms with Crippen LogP contribution in [0.1, 0.15) is 25.7 Å². The molecule has 1 aliphatic rings. The Balaban J connectivity index is 1.42. The highest BCUT2D eigenvalue weighted by Crippen LogP contribution is 2.31. The van der Waals surface area contributed by atoms with E-state index in [-0.39, 0.29) is 6.04 Å². The van der Waals surface area contributed by atoms with Crippen molar-refractivity contribution in [1.82, 2.24) is 19.7 Å². The number of aromatic nitrogens is 4. The van der Waals surface area contributed by atoms with Crippen molar-refractivity contribution < 1.29 is 9.52 Å². The average molecular weight is 353 g/mol. The quantitative estimate of drug-likeness (QED) is 0.708. The van der Waals surface area contributed by atoms with Gasteiger partial charge in [0.15, 0.2) is 0 Å². The van der Waals surface area contributed by atoms with Crippen molar-refractivity contribution in [2.45, 2.75) is 44.9 Å². The topological polar surface area (TPSA) is 89.0 Å². The summed E-state index contributed by atoms with van der Waals surface area (Å²) < 4.78 is 7.67. The molecule has 136 valence electrons. The van der Waals surface area contributed by atoms with E-state index in [0.29, 0.717) is 24.2 Å². The number of hydrogen-bond acceptors (Lipinski definition) is 6. The molecule has 1 fully saturated rings. The second-order valence-electron chi connectivity index (χ2n) is 6.78. The third-order valence-corrected chi connectivity index (χ3v) is 4.91. The smallest absolute Gasteiger partial charge is 0.315 e. The third-order valence-electron chi connectivity index (χ3n) is 4.91.